The van der Waals surface area contributed by atoms with E-state index in [0.29, 0.717) is 0 Å². The Labute approximate surface area is 354 Å². The molecule has 0 unspecified atom stereocenters. The first-order chi connectivity index (χ1) is 30.0. The first-order valence-electron chi connectivity index (χ1n) is 19.3. The van der Waals surface area contributed by atoms with Crippen molar-refractivity contribution < 1.29 is 90.4 Å². The van der Waals surface area contributed by atoms with Crippen LogP contribution in [0.3, 0.4) is 0 Å². The molecule has 6 aromatic carbocycles. The van der Waals surface area contributed by atoms with Gasteiger partial charge in [-0.05, 0) is 53.6 Å². The van der Waals surface area contributed by atoms with Gasteiger partial charge in [0, 0.05) is 64.1 Å². The van der Waals surface area contributed by atoms with Gasteiger partial charge < -0.3 is 90.4 Å². The van der Waals surface area contributed by atoms with Crippen molar-refractivity contribution in [1.29, 1.82) is 0 Å². The molecule has 0 radical (unpaired) electrons. The Hall–Kier alpha value is -7.80. The number of ether oxygens (including phenoxy) is 4. The van der Waals surface area contributed by atoms with E-state index in [2.05, 4.69) is 0 Å². The SMILES string of the molecule is Oc1cc(O)c2c(c1)O[C@H](c1ccc(O)c(O)c1)[C@H](O)[C@H]2c1c(O)cc(O)c2c1O[C@@]1(c3ccc(O)c(O)c3)Oc3cc(O)c4c(c3[C@@H]2[C@H]1O)O[C@H](c1ccc(O)c(O)c1)[C@@H](O)C4. The van der Waals surface area contributed by atoms with Gasteiger partial charge in [-0.2, -0.15) is 0 Å². The molecule has 0 fully saturated rings. The second-order valence-corrected chi connectivity index (χ2v) is 15.9. The molecule has 18 nitrogen and oxygen atoms in total. The maximum Gasteiger partial charge on any atom is 0.305 e. The maximum atomic E-state index is 12.7. The normalized spacial score (nSPS) is 25.2. The van der Waals surface area contributed by atoms with Crippen LogP contribution >= 0.6 is 0 Å². The summed E-state index contributed by atoms with van der Waals surface area (Å²) in [5.74, 6) is -12.9. The lowest BCUT2D eigenvalue weighted by Crippen LogP contribution is -2.58. The van der Waals surface area contributed by atoms with Gasteiger partial charge in [0.15, 0.2) is 40.6 Å². The predicted molar refractivity (Wildman–Crippen MR) is 212 cm³/mol. The van der Waals surface area contributed by atoms with E-state index in [0.717, 1.165) is 48.5 Å². The van der Waals surface area contributed by atoms with Crippen molar-refractivity contribution in [3.8, 4) is 86.2 Å². The van der Waals surface area contributed by atoms with Crippen molar-refractivity contribution in [1.82, 2.24) is 0 Å². The van der Waals surface area contributed by atoms with E-state index in [1.165, 1.54) is 30.3 Å². The number of aliphatic hydroxyl groups excluding tert-OH is 3. The number of rotatable bonds is 4. The quantitative estimate of drug-likeness (QED) is 0.110. The van der Waals surface area contributed by atoms with Crippen LogP contribution in [0.4, 0.5) is 0 Å². The van der Waals surface area contributed by atoms with E-state index in [1.54, 1.807) is 0 Å². The highest BCUT2D eigenvalue weighted by atomic mass is 16.7. The molecule has 0 saturated carbocycles. The summed E-state index contributed by atoms with van der Waals surface area (Å²) in [6.07, 6.45) is -8.09. The second kappa shape index (κ2) is 13.6. The first-order valence-corrected chi connectivity index (χ1v) is 19.3. The second-order valence-electron chi connectivity index (χ2n) is 15.9. The van der Waals surface area contributed by atoms with Crippen molar-refractivity contribution in [2.75, 3.05) is 0 Å². The number of aliphatic hydroxyl groups is 3. The van der Waals surface area contributed by atoms with E-state index < -0.39 is 117 Å². The monoisotopic (exact) mass is 864 g/mol. The number of phenols is 11. The molecule has 0 spiro atoms. The third-order valence-electron chi connectivity index (χ3n) is 12.2. The van der Waals surface area contributed by atoms with E-state index >= 15 is 0 Å². The lowest BCUT2D eigenvalue weighted by molar-refractivity contribution is -0.219. The number of aromatic hydroxyl groups is 11. The van der Waals surface area contributed by atoms with Gasteiger partial charge in [-0.15, -0.1) is 0 Å². The third kappa shape index (κ3) is 5.68. The summed E-state index contributed by atoms with van der Waals surface area (Å²) >= 11 is 0. The van der Waals surface area contributed by atoms with Crippen molar-refractivity contribution in [2.24, 2.45) is 0 Å². The number of hydrogen-bond donors (Lipinski definition) is 14. The van der Waals surface area contributed by atoms with Gasteiger partial charge in [0.2, 0.25) is 0 Å². The largest absolute Gasteiger partial charge is 0.508 e. The molecule has 10 rings (SSSR count). The summed E-state index contributed by atoms with van der Waals surface area (Å²) in [4.78, 5) is 0. The first kappa shape index (κ1) is 39.3. The zero-order valence-corrected chi connectivity index (χ0v) is 32.1. The van der Waals surface area contributed by atoms with Gasteiger partial charge in [0.25, 0.3) is 0 Å². The van der Waals surface area contributed by atoms with Gasteiger partial charge in [0.05, 0.1) is 17.9 Å². The van der Waals surface area contributed by atoms with Gasteiger partial charge in [-0.1, -0.05) is 12.1 Å². The topological polar surface area (TPSA) is 320 Å². The Kier molecular flexibility index (Phi) is 8.49. The highest BCUT2D eigenvalue weighted by Crippen LogP contribution is 2.65. The molecule has 6 aromatic rings. The van der Waals surface area contributed by atoms with E-state index in [4.69, 9.17) is 18.9 Å². The summed E-state index contributed by atoms with van der Waals surface area (Å²) in [6, 6.07) is 14.8. The van der Waals surface area contributed by atoms with Crippen LogP contribution in [0.5, 0.6) is 86.2 Å². The molecule has 4 aliphatic heterocycles. The molecule has 18 heteroatoms. The van der Waals surface area contributed by atoms with Gasteiger partial charge in [-0.25, -0.2) is 0 Å². The molecular weight excluding hydrogens is 828 g/mol. The zero-order valence-electron chi connectivity index (χ0n) is 32.1. The number of fused-ring (bicyclic) bond motifs is 9. The zero-order chi connectivity index (χ0) is 44.5. The van der Waals surface area contributed by atoms with Crippen LogP contribution < -0.4 is 18.9 Å². The summed E-state index contributed by atoms with van der Waals surface area (Å²) < 4.78 is 25.7. The highest BCUT2D eigenvalue weighted by Gasteiger charge is 2.61. The van der Waals surface area contributed by atoms with Crippen molar-refractivity contribution in [2.45, 2.75) is 54.6 Å². The lowest BCUT2D eigenvalue weighted by atomic mass is 9.71. The third-order valence-corrected chi connectivity index (χ3v) is 12.2. The van der Waals surface area contributed by atoms with Gasteiger partial charge >= 0.3 is 5.79 Å². The van der Waals surface area contributed by atoms with Crippen molar-refractivity contribution in [3.05, 3.63) is 123 Å². The minimum absolute atomic E-state index is 0.0246. The average Bonchev–Trinajstić information content (AvgIpc) is 3.22. The molecule has 324 valence electrons. The standard InChI is InChI=1S/C45H36O18/c46-18-10-27(54)33-31(11-18)60-41(16-2-5-21(48)25(52)8-16)39(58)37(33)34-28(55)13-29(56)35-38-36-32(62-45(44(38)59,63-43(34)35)17-3-6-22(49)26(53)9-17)14-23(50)19-12-30(57)40(61-42(19)36)15-1-4-20(47)24(51)7-15/h1-11,13-14,30,37-41,44,46-59H,12H2/t30-,37+,38+,39+,40+,41+,44+,45+/m0/s1. The molecule has 63 heavy (non-hydrogen) atoms. The van der Waals surface area contributed by atoms with Crippen molar-refractivity contribution in [3.63, 3.8) is 0 Å². The van der Waals surface area contributed by atoms with Crippen LogP contribution in [0.15, 0.2) is 78.9 Å². The molecule has 14 N–H and O–H groups in total. The molecule has 0 amide bonds. The minimum Gasteiger partial charge on any atom is -0.508 e. The molecule has 4 heterocycles. The lowest BCUT2D eigenvalue weighted by Gasteiger charge is -2.51. The molecular formula is C45H36O18. The Morgan fingerprint density at radius 2 is 1.03 bits per heavy atom. The van der Waals surface area contributed by atoms with Gasteiger partial charge in [0.1, 0.15) is 70.1 Å². The van der Waals surface area contributed by atoms with Crippen LogP contribution in [0.2, 0.25) is 0 Å². The van der Waals surface area contributed by atoms with E-state index in [-0.39, 0.29) is 68.2 Å². The Bertz CT molecular complexity index is 2910. The molecule has 2 bridgehead atoms. The number of hydrogen-bond acceptors (Lipinski definition) is 18. The molecule has 4 aliphatic rings. The van der Waals surface area contributed by atoms with E-state index in [1.807, 2.05) is 0 Å². The molecule has 0 aliphatic carbocycles. The Balaban J connectivity index is 1.25. The predicted octanol–water partition coefficient (Wildman–Crippen LogP) is 4.24. The van der Waals surface area contributed by atoms with Crippen LogP contribution in [-0.2, 0) is 12.2 Å². The Morgan fingerprint density at radius 1 is 0.444 bits per heavy atom. The van der Waals surface area contributed by atoms with Crippen LogP contribution in [0.25, 0.3) is 0 Å². The minimum atomic E-state index is -2.50. The van der Waals surface area contributed by atoms with Crippen LogP contribution in [0, 0.1) is 0 Å². The van der Waals surface area contributed by atoms with Crippen LogP contribution in [0.1, 0.15) is 68.6 Å². The summed E-state index contributed by atoms with van der Waals surface area (Å²) in [6.45, 7) is 0. The van der Waals surface area contributed by atoms with Crippen molar-refractivity contribution >= 4 is 0 Å². The summed E-state index contributed by atoms with van der Waals surface area (Å²) in [5.41, 5.74) is -0.635. The average molecular weight is 865 g/mol. The molecule has 0 saturated heterocycles. The fraction of sp³-hybridized carbons (Fsp3) is 0.200. The number of phenolic OH excluding ortho intramolecular Hbond substituents is 11. The summed E-state index contributed by atoms with van der Waals surface area (Å²) in [7, 11) is 0. The smallest absolute Gasteiger partial charge is 0.305 e. The Morgan fingerprint density at radius 3 is 1.67 bits per heavy atom. The fourth-order valence-corrected chi connectivity index (χ4v) is 9.32. The van der Waals surface area contributed by atoms with E-state index in [9.17, 15) is 71.5 Å². The molecule has 8 atom stereocenters. The fourth-order valence-electron chi connectivity index (χ4n) is 9.32. The number of benzene rings is 6. The molecule has 0 aromatic heterocycles. The maximum absolute atomic E-state index is 12.7. The highest BCUT2D eigenvalue weighted by molar-refractivity contribution is 5.72. The van der Waals surface area contributed by atoms with Crippen LogP contribution in [-0.4, -0.2) is 89.8 Å². The van der Waals surface area contributed by atoms with Gasteiger partial charge in [-0.3, -0.25) is 0 Å². The summed E-state index contributed by atoms with van der Waals surface area (Å²) in [5, 5.41) is 156.